The molecule has 0 saturated carbocycles. The standard InChI is InChI=1S/C22H22N4OS2/c1-15-6-8-17(9-7-15)25-22(28)26-19-4-3-5-20(14-19)29-16(2)21(27)24-18-10-12-23-13-11-18/h3-14,16H,1-2H3,(H,23,24,27)(H2,25,26,28). The Morgan fingerprint density at radius 3 is 2.31 bits per heavy atom. The van der Waals surface area contributed by atoms with Gasteiger partial charge in [0.15, 0.2) is 5.11 Å². The van der Waals surface area contributed by atoms with Crippen LogP contribution in [-0.2, 0) is 4.79 Å². The van der Waals surface area contributed by atoms with E-state index in [1.807, 2.05) is 62.4 Å². The summed E-state index contributed by atoms with van der Waals surface area (Å²) >= 11 is 6.88. The summed E-state index contributed by atoms with van der Waals surface area (Å²) < 4.78 is 0. The Morgan fingerprint density at radius 1 is 0.931 bits per heavy atom. The molecule has 5 nitrogen and oxygen atoms in total. The summed E-state index contributed by atoms with van der Waals surface area (Å²) in [5.41, 5.74) is 3.73. The Labute approximate surface area is 180 Å². The Kier molecular flexibility index (Phi) is 7.21. The molecule has 0 fully saturated rings. The summed E-state index contributed by atoms with van der Waals surface area (Å²) in [5.74, 6) is -0.0591. The van der Waals surface area contributed by atoms with Gasteiger partial charge in [-0.2, -0.15) is 0 Å². The number of aryl methyl sites for hydroxylation is 1. The van der Waals surface area contributed by atoms with Crippen molar-refractivity contribution in [2.24, 2.45) is 0 Å². The molecule has 0 bridgehead atoms. The quantitative estimate of drug-likeness (QED) is 0.369. The van der Waals surface area contributed by atoms with Crippen LogP contribution in [0, 0.1) is 6.92 Å². The first-order valence-corrected chi connectivity index (χ1v) is 10.4. The number of nitrogens with zero attached hydrogens (tertiary/aromatic N) is 1. The highest BCUT2D eigenvalue weighted by molar-refractivity contribution is 8.00. The summed E-state index contributed by atoms with van der Waals surface area (Å²) in [6, 6.07) is 19.4. The molecule has 0 radical (unpaired) electrons. The fraction of sp³-hybridized carbons (Fsp3) is 0.136. The van der Waals surface area contributed by atoms with Crippen molar-refractivity contribution in [3.63, 3.8) is 0 Å². The normalized spacial score (nSPS) is 11.4. The second-order valence-electron chi connectivity index (χ2n) is 6.46. The van der Waals surface area contributed by atoms with Crippen LogP contribution in [0.25, 0.3) is 0 Å². The van der Waals surface area contributed by atoms with Gasteiger partial charge in [-0.3, -0.25) is 9.78 Å². The van der Waals surface area contributed by atoms with Crippen LogP contribution in [0.5, 0.6) is 0 Å². The molecule has 29 heavy (non-hydrogen) atoms. The average molecular weight is 423 g/mol. The van der Waals surface area contributed by atoms with E-state index in [1.54, 1.807) is 24.5 Å². The molecule has 0 aliphatic carbocycles. The Bertz CT molecular complexity index is 978. The molecular weight excluding hydrogens is 400 g/mol. The van der Waals surface area contributed by atoms with Gasteiger partial charge in [0.1, 0.15) is 0 Å². The van der Waals surface area contributed by atoms with Crippen molar-refractivity contribution in [1.82, 2.24) is 4.98 Å². The van der Waals surface area contributed by atoms with Crippen molar-refractivity contribution >= 4 is 52.1 Å². The van der Waals surface area contributed by atoms with Gasteiger partial charge in [-0.1, -0.05) is 23.8 Å². The Balaban J connectivity index is 1.56. The molecule has 1 heterocycles. The van der Waals surface area contributed by atoms with Crippen LogP contribution in [0.4, 0.5) is 17.1 Å². The van der Waals surface area contributed by atoms with E-state index in [9.17, 15) is 4.79 Å². The van der Waals surface area contributed by atoms with E-state index in [0.717, 1.165) is 22.0 Å². The zero-order chi connectivity index (χ0) is 20.6. The lowest BCUT2D eigenvalue weighted by Crippen LogP contribution is -2.22. The summed E-state index contributed by atoms with van der Waals surface area (Å²) in [4.78, 5) is 17.3. The number of amides is 1. The topological polar surface area (TPSA) is 66.0 Å². The zero-order valence-corrected chi connectivity index (χ0v) is 17.8. The monoisotopic (exact) mass is 422 g/mol. The summed E-state index contributed by atoms with van der Waals surface area (Å²) in [6.45, 7) is 3.92. The molecule has 1 unspecified atom stereocenters. The first-order valence-electron chi connectivity index (χ1n) is 9.12. The number of carbonyl (C=O) groups excluding carboxylic acids is 1. The van der Waals surface area contributed by atoms with Crippen LogP contribution in [0.15, 0.2) is 78.0 Å². The molecule has 3 rings (SSSR count). The van der Waals surface area contributed by atoms with Gasteiger partial charge < -0.3 is 16.0 Å². The van der Waals surface area contributed by atoms with Crippen LogP contribution >= 0.6 is 24.0 Å². The third kappa shape index (κ3) is 6.58. The molecule has 0 spiro atoms. The van der Waals surface area contributed by atoms with Gasteiger partial charge >= 0.3 is 0 Å². The van der Waals surface area contributed by atoms with Crippen LogP contribution < -0.4 is 16.0 Å². The summed E-state index contributed by atoms with van der Waals surface area (Å²) in [5, 5.41) is 9.51. The highest BCUT2D eigenvalue weighted by Crippen LogP contribution is 2.26. The maximum absolute atomic E-state index is 12.4. The molecule has 1 amide bonds. The molecular formula is C22H22N4OS2. The SMILES string of the molecule is Cc1ccc(NC(=S)Nc2cccc(SC(C)C(=O)Nc3ccncc3)c2)cc1. The van der Waals surface area contributed by atoms with E-state index in [0.29, 0.717) is 5.11 Å². The minimum absolute atomic E-state index is 0.0591. The molecule has 7 heteroatoms. The molecule has 2 aromatic carbocycles. The van der Waals surface area contributed by atoms with Gasteiger partial charge in [-0.15, -0.1) is 11.8 Å². The van der Waals surface area contributed by atoms with Crippen molar-refractivity contribution < 1.29 is 4.79 Å². The number of hydrogen-bond acceptors (Lipinski definition) is 4. The number of carbonyl (C=O) groups is 1. The predicted octanol–water partition coefficient (Wildman–Crippen LogP) is 5.32. The first-order chi connectivity index (χ1) is 14.0. The van der Waals surface area contributed by atoms with Crippen molar-refractivity contribution in [2.45, 2.75) is 24.0 Å². The molecule has 3 aromatic rings. The maximum Gasteiger partial charge on any atom is 0.237 e. The molecule has 1 atom stereocenters. The van der Waals surface area contributed by atoms with E-state index >= 15 is 0 Å². The molecule has 0 aliphatic rings. The largest absolute Gasteiger partial charge is 0.332 e. The minimum Gasteiger partial charge on any atom is -0.332 e. The molecule has 3 N–H and O–H groups in total. The zero-order valence-electron chi connectivity index (χ0n) is 16.2. The lowest BCUT2D eigenvalue weighted by Gasteiger charge is -2.14. The first kappa shape index (κ1) is 20.8. The number of thiocarbonyl (C=S) groups is 1. The highest BCUT2D eigenvalue weighted by Gasteiger charge is 2.15. The summed E-state index contributed by atoms with van der Waals surface area (Å²) in [7, 11) is 0. The van der Waals surface area contributed by atoms with Crippen molar-refractivity contribution in [1.29, 1.82) is 0 Å². The number of anilines is 3. The van der Waals surface area contributed by atoms with Crippen molar-refractivity contribution in [2.75, 3.05) is 16.0 Å². The smallest absolute Gasteiger partial charge is 0.237 e. The number of aromatic nitrogens is 1. The van der Waals surface area contributed by atoms with E-state index < -0.39 is 0 Å². The fourth-order valence-electron chi connectivity index (χ4n) is 2.51. The second kappa shape index (κ2) is 10.0. The van der Waals surface area contributed by atoms with E-state index in [-0.39, 0.29) is 11.2 Å². The van der Waals surface area contributed by atoms with Crippen LogP contribution in [0.2, 0.25) is 0 Å². The van der Waals surface area contributed by atoms with E-state index in [1.165, 1.54) is 17.3 Å². The van der Waals surface area contributed by atoms with Crippen molar-refractivity contribution in [3.05, 3.63) is 78.6 Å². The highest BCUT2D eigenvalue weighted by atomic mass is 32.2. The predicted molar refractivity (Wildman–Crippen MR) is 126 cm³/mol. The van der Waals surface area contributed by atoms with Gasteiger partial charge in [0.2, 0.25) is 5.91 Å². The van der Waals surface area contributed by atoms with E-state index in [2.05, 4.69) is 20.9 Å². The van der Waals surface area contributed by atoms with Gasteiger partial charge in [0, 0.05) is 34.4 Å². The number of pyridine rings is 1. The average Bonchev–Trinajstić information content (AvgIpc) is 2.70. The second-order valence-corrected chi connectivity index (χ2v) is 8.28. The number of nitrogens with one attached hydrogen (secondary N) is 3. The number of hydrogen-bond donors (Lipinski definition) is 3. The van der Waals surface area contributed by atoms with Crippen LogP contribution in [0.1, 0.15) is 12.5 Å². The molecule has 148 valence electrons. The van der Waals surface area contributed by atoms with Gasteiger partial charge in [0.05, 0.1) is 5.25 Å². The summed E-state index contributed by atoms with van der Waals surface area (Å²) in [6.07, 6.45) is 3.30. The van der Waals surface area contributed by atoms with E-state index in [4.69, 9.17) is 12.2 Å². The lowest BCUT2D eigenvalue weighted by molar-refractivity contribution is -0.115. The third-order valence-electron chi connectivity index (χ3n) is 4.03. The maximum atomic E-state index is 12.4. The van der Waals surface area contributed by atoms with Crippen LogP contribution in [-0.4, -0.2) is 21.3 Å². The molecule has 1 aromatic heterocycles. The third-order valence-corrected chi connectivity index (χ3v) is 5.33. The number of rotatable bonds is 6. The molecule has 0 saturated heterocycles. The van der Waals surface area contributed by atoms with Crippen molar-refractivity contribution in [3.8, 4) is 0 Å². The number of benzene rings is 2. The Morgan fingerprint density at radius 2 is 1.59 bits per heavy atom. The van der Waals surface area contributed by atoms with Gasteiger partial charge in [-0.25, -0.2) is 0 Å². The van der Waals surface area contributed by atoms with Gasteiger partial charge in [0.25, 0.3) is 0 Å². The minimum atomic E-state index is -0.254. The Hall–Kier alpha value is -2.90. The lowest BCUT2D eigenvalue weighted by atomic mass is 10.2. The van der Waals surface area contributed by atoms with Crippen LogP contribution in [0.3, 0.4) is 0 Å². The number of thioether (sulfide) groups is 1. The fourth-order valence-corrected chi connectivity index (χ4v) is 3.68. The molecule has 0 aliphatic heterocycles. The van der Waals surface area contributed by atoms with Gasteiger partial charge in [-0.05, 0) is 68.5 Å².